The Kier molecular flexibility index (Phi) is 6.42. The van der Waals surface area contributed by atoms with Gasteiger partial charge in [0, 0.05) is 25.7 Å². The minimum atomic E-state index is -0.306. The highest BCUT2D eigenvalue weighted by Gasteiger charge is 2.25. The van der Waals surface area contributed by atoms with Crippen molar-refractivity contribution < 1.29 is 14.6 Å². The zero-order chi connectivity index (χ0) is 16.8. The van der Waals surface area contributed by atoms with Crippen LogP contribution in [0.15, 0.2) is 24.3 Å². The van der Waals surface area contributed by atoms with Gasteiger partial charge in [0.15, 0.2) is 0 Å². The molecule has 128 valence electrons. The molecule has 23 heavy (non-hydrogen) atoms. The van der Waals surface area contributed by atoms with Crippen LogP contribution in [0.25, 0.3) is 0 Å². The average Bonchev–Trinajstić information content (AvgIpc) is 2.55. The Labute approximate surface area is 138 Å². The van der Waals surface area contributed by atoms with Crippen LogP contribution in [-0.4, -0.2) is 60.7 Å². The topological polar surface area (TPSA) is 53.0 Å². The molecule has 0 spiro atoms. The van der Waals surface area contributed by atoms with E-state index in [4.69, 9.17) is 4.74 Å². The molecule has 1 fully saturated rings. The number of likely N-dealkylation sites (tertiary alicyclic amines) is 1. The van der Waals surface area contributed by atoms with Crippen molar-refractivity contribution in [3.8, 4) is 5.75 Å². The number of likely N-dealkylation sites (N-methyl/N-ethyl adjacent to an activating group) is 1. The van der Waals surface area contributed by atoms with Gasteiger partial charge < -0.3 is 14.7 Å². The van der Waals surface area contributed by atoms with Crippen molar-refractivity contribution in [1.82, 2.24) is 9.80 Å². The molecule has 0 radical (unpaired) electrons. The summed E-state index contributed by atoms with van der Waals surface area (Å²) in [6, 6.07) is 7.76. The summed E-state index contributed by atoms with van der Waals surface area (Å²) in [5.74, 6) is 1.18. The molecule has 0 saturated carbocycles. The van der Waals surface area contributed by atoms with Crippen LogP contribution in [0.2, 0.25) is 0 Å². The van der Waals surface area contributed by atoms with E-state index in [9.17, 15) is 9.90 Å². The third kappa shape index (κ3) is 4.94. The van der Waals surface area contributed by atoms with E-state index in [1.165, 1.54) is 0 Å². The van der Waals surface area contributed by atoms with Crippen LogP contribution < -0.4 is 4.74 Å². The maximum absolute atomic E-state index is 12.5. The van der Waals surface area contributed by atoms with Gasteiger partial charge in [-0.25, -0.2) is 0 Å². The lowest BCUT2D eigenvalue weighted by Gasteiger charge is -2.34. The SMILES string of the molecule is COc1ccccc1CN(C)C(=O)CN1CCC[C@@H]([C@@H](C)O)C1. The molecule has 1 aliphatic heterocycles. The average molecular weight is 320 g/mol. The van der Waals surface area contributed by atoms with Crippen molar-refractivity contribution >= 4 is 5.91 Å². The predicted molar refractivity (Wildman–Crippen MR) is 90.3 cm³/mol. The number of amides is 1. The second kappa shape index (κ2) is 8.31. The number of hydrogen-bond acceptors (Lipinski definition) is 4. The van der Waals surface area contributed by atoms with Crippen LogP contribution in [-0.2, 0) is 11.3 Å². The number of hydrogen-bond donors (Lipinski definition) is 1. The van der Waals surface area contributed by atoms with Gasteiger partial charge in [-0.2, -0.15) is 0 Å². The second-order valence-corrected chi connectivity index (χ2v) is 6.44. The van der Waals surface area contributed by atoms with E-state index in [0.29, 0.717) is 13.1 Å². The number of carbonyl (C=O) groups excluding carboxylic acids is 1. The standard InChI is InChI=1S/C18H28N2O3/c1-14(21)15-8-6-10-20(12-15)13-18(22)19(2)11-16-7-4-5-9-17(16)23-3/h4-5,7,9,14-15,21H,6,8,10-13H2,1-3H3/t14-,15-/m1/s1. The third-order valence-electron chi connectivity index (χ3n) is 4.61. The highest BCUT2D eigenvalue weighted by Crippen LogP contribution is 2.21. The number of benzene rings is 1. The summed E-state index contributed by atoms with van der Waals surface area (Å²) in [4.78, 5) is 16.4. The minimum Gasteiger partial charge on any atom is -0.496 e. The largest absolute Gasteiger partial charge is 0.496 e. The molecule has 0 unspecified atom stereocenters. The first kappa shape index (κ1) is 17.8. The molecule has 1 aliphatic rings. The Morgan fingerprint density at radius 1 is 1.48 bits per heavy atom. The summed E-state index contributed by atoms with van der Waals surface area (Å²) >= 11 is 0. The summed E-state index contributed by atoms with van der Waals surface area (Å²) in [6.07, 6.45) is 1.78. The van der Waals surface area contributed by atoms with Gasteiger partial charge in [-0.1, -0.05) is 18.2 Å². The van der Waals surface area contributed by atoms with Crippen LogP contribution in [0.4, 0.5) is 0 Å². The molecule has 5 nitrogen and oxygen atoms in total. The quantitative estimate of drug-likeness (QED) is 0.867. The van der Waals surface area contributed by atoms with Crippen LogP contribution in [0, 0.1) is 5.92 Å². The van der Waals surface area contributed by atoms with E-state index in [1.54, 1.807) is 12.0 Å². The molecule has 0 aromatic heterocycles. The lowest BCUT2D eigenvalue weighted by molar-refractivity contribution is -0.132. The van der Waals surface area contributed by atoms with Gasteiger partial charge in [-0.05, 0) is 38.3 Å². The first-order valence-corrected chi connectivity index (χ1v) is 8.27. The van der Waals surface area contributed by atoms with E-state index in [1.807, 2.05) is 38.2 Å². The normalized spacial score (nSPS) is 20.1. The molecule has 1 aromatic rings. The number of piperidine rings is 1. The highest BCUT2D eigenvalue weighted by atomic mass is 16.5. The summed E-state index contributed by atoms with van der Waals surface area (Å²) < 4.78 is 5.34. The van der Waals surface area contributed by atoms with Gasteiger partial charge in [0.1, 0.15) is 5.75 Å². The molecular formula is C18H28N2O3. The van der Waals surface area contributed by atoms with Gasteiger partial charge >= 0.3 is 0 Å². The molecule has 0 aliphatic carbocycles. The lowest BCUT2D eigenvalue weighted by atomic mass is 9.93. The Balaban J connectivity index is 1.90. The second-order valence-electron chi connectivity index (χ2n) is 6.44. The predicted octanol–water partition coefficient (Wildman–Crippen LogP) is 1.75. The van der Waals surface area contributed by atoms with Crippen molar-refractivity contribution in [2.75, 3.05) is 33.8 Å². The van der Waals surface area contributed by atoms with E-state index in [-0.39, 0.29) is 17.9 Å². The summed E-state index contributed by atoms with van der Waals surface area (Å²) in [7, 11) is 3.47. The summed E-state index contributed by atoms with van der Waals surface area (Å²) in [5, 5.41) is 9.75. The number of aliphatic hydroxyl groups is 1. The lowest BCUT2D eigenvalue weighted by Crippen LogP contribution is -2.45. The van der Waals surface area contributed by atoms with Gasteiger partial charge in [0.05, 0.1) is 19.8 Å². The number of carbonyl (C=O) groups is 1. The molecule has 1 amide bonds. The summed E-state index contributed by atoms with van der Waals surface area (Å²) in [6.45, 7) is 4.51. The summed E-state index contributed by atoms with van der Waals surface area (Å²) in [5.41, 5.74) is 1.01. The maximum Gasteiger partial charge on any atom is 0.236 e. The molecule has 2 rings (SSSR count). The smallest absolute Gasteiger partial charge is 0.236 e. The number of aliphatic hydroxyl groups excluding tert-OH is 1. The number of methoxy groups -OCH3 is 1. The van der Waals surface area contributed by atoms with Crippen molar-refractivity contribution in [2.45, 2.75) is 32.4 Å². The maximum atomic E-state index is 12.5. The van der Waals surface area contributed by atoms with E-state index in [0.717, 1.165) is 37.2 Å². The number of para-hydroxylation sites is 1. The molecule has 1 saturated heterocycles. The molecule has 2 atom stereocenters. The number of nitrogens with zero attached hydrogens (tertiary/aromatic N) is 2. The highest BCUT2D eigenvalue weighted by molar-refractivity contribution is 5.78. The Hall–Kier alpha value is -1.59. The van der Waals surface area contributed by atoms with E-state index < -0.39 is 0 Å². The van der Waals surface area contributed by atoms with Gasteiger partial charge in [0.2, 0.25) is 5.91 Å². The van der Waals surface area contributed by atoms with Crippen molar-refractivity contribution in [3.05, 3.63) is 29.8 Å². The molecule has 1 N–H and O–H groups in total. The van der Waals surface area contributed by atoms with Gasteiger partial charge in [0.25, 0.3) is 0 Å². The van der Waals surface area contributed by atoms with Crippen molar-refractivity contribution in [3.63, 3.8) is 0 Å². The fourth-order valence-corrected chi connectivity index (χ4v) is 3.12. The molecule has 5 heteroatoms. The minimum absolute atomic E-state index is 0.0992. The van der Waals surface area contributed by atoms with Crippen LogP contribution in [0.5, 0.6) is 5.75 Å². The zero-order valence-electron chi connectivity index (χ0n) is 14.4. The Morgan fingerprint density at radius 3 is 2.91 bits per heavy atom. The van der Waals surface area contributed by atoms with Gasteiger partial charge in [-0.15, -0.1) is 0 Å². The van der Waals surface area contributed by atoms with Crippen LogP contribution in [0.1, 0.15) is 25.3 Å². The van der Waals surface area contributed by atoms with E-state index in [2.05, 4.69) is 4.90 Å². The van der Waals surface area contributed by atoms with Crippen LogP contribution in [0.3, 0.4) is 0 Å². The molecule has 1 aromatic carbocycles. The van der Waals surface area contributed by atoms with Crippen molar-refractivity contribution in [1.29, 1.82) is 0 Å². The fourth-order valence-electron chi connectivity index (χ4n) is 3.12. The Bertz CT molecular complexity index is 519. The Morgan fingerprint density at radius 2 is 2.22 bits per heavy atom. The monoisotopic (exact) mass is 320 g/mol. The first-order chi connectivity index (χ1) is 11.0. The third-order valence-corrected chi connectivity index (χ3v) is 4.61. The number of ether oxygens (including phenoxy) is 1. The van der Waals surface area contributed by atoms with Gasteiger partial charge in [-0.3, -0.25) is 9.69 Å². The zero-order valence-corrected chi connectivity index (χ0v) is 14.4. The molecule has 0 bridgehead atoms. The molecular weight excluding hydrogens is 292 g/mol. The van der Waals surface area contributed by atoms with Crippen molar-refractivity contribution in [2.24, 2.45) is 5.92 Å². The number of rotatable bonds is 6. The molecule has 1 heterocycles. The van der Waals surface area contributed by atoms with Crippen LogP contribution >= 0.6 is 0 Å². The fraction of sp³-hybridized carbons (Fsp3) is 0.611. The van der Waals surface area contributed by atoms with E-state index >= 15 is 0 Å². The first-order valence-electron chi connectivity index (χ1n) is 8.27.